The SMILES string of the molecule is CC(C)[Te]CC[C@@H](C)[C@H]1CC[C@H]2[C@@H]3CCC4CC(O)CC[C@]4(C)[C@H]3CC[C@]12C. The molecule has 0 heterocycles. The van der Waals surface area contributed by atoms with Crippen molar-refractivity contribution in [3.63, 3.8) is 0 Å². The van der Waals surface area contributed by atoms with Crippen molar-refractivity contribution >= 4 is 20.9 Å². The maximum atomic E-state index is 10.3. The summed E-state index contributed by atoms with van der Waals surface area (Å²) in [6.45, 7) is 12.8. The van der Waals surface area contributed by atoms with Gasteiger partial charge in [-0.3, -0.25) is 0 Å². The van der Waals surface area contributed by atoms with Gasteiger partial charge < -0.3 is 5.11 Å². The average molecular weight is 502 g/mol. The fourth-order valence-corrected chi connectivity index (χ4v) is 11.7. The Labute approximate surface area is 185 Å². The van der Waals surface area contributed by atoms with Crippen LogP contribution in [0.2, 0.25) is 8.43 Å². The van der Waals surface area contributed by atoms with Gasteiger partial charge in [-0.05, 0) is 0 Å². The molecule has 0 aromatic heterocycles. The van der Waals surface area contributed by atoms with Gasteiger partial charge in [-0.1, -0.05) is 0 Å². The molecule has 0 aromatic rings. The van der Waals surface area contributed by atoms with E-state index in [9.17, 15) is 5.11 Å². The molecule has 0 aromatic carbocycles. The number of hydrogen-bond acceptors (Lipinski definition) is 1. The van der Waals surface area contributed by atoms with Crippen LogP contribution in [0.25, 0.3) is 0 Å². The summed E-state index contributed by atoms with van der Waals surface area (Å²) >= 11 is 0.246. The van der Waals surface area contributed by atoms with Gasteiger partial charge in [-0.15, -0.1) is 0 Å². The Kier molecular flexibility index (Phi) is 6.55. The summed E-state index contributed by atoms with van der Waals surface area (Å²) in [5.74, 6) is 5.71. The third-order valence-corrected chi connectivity index (χ3v) is 13.7. The summed E-state index contributed by atoms with van der Waals surface area (Å²) in [6, 6.07) is 0. The van der Waals surface area contributed by atoms with E-state index in [4.69, 9.17) is 0 Å². The molecule has 4 fully saturated rings. The molecule has 162 valence electrons. The van der Waals surface area contributed by atoms with E-state index in [1.54, 1.807) is 4.47 Å². The summed E-state index contributed by atoms with van der Waals surface area (Å²) in [4.78, 5) is 0. The second-order valence-corrected chi connectivity index (χ2v) is 16.8. The van der Waals surface area contributed by atoms with Gasteiger partial charge in [-0.2, -0.15) is 0 Å². The average Bonchev–Trinajstić information content (AvgIpc) is 2.99. The summed E-state index contributed by atoms with van der Waals surface area (Å²) in [7, 11) is 0. The van der Waals surface area contributed by atoms with E-state index in [-0.39, 0.29) is 27.0 Å². The molecule has 0 bridgehead atoms. The van der Waals surface area contributed by atoms with Crippen LogP contribution in [-0.2, 0) is 0 Å². The molecular weight excluding hydrogens is 456 g/mol. The number of aliphatic hydroxyl groups excluding tert-OH is 1. The molecule has 1 N–H and O–H groups in total. The Morgan fingerprint density at radius 1 is 0.893 bits per heavy atom. The van der Waals surface area contributed by atoms with Crippen LogP contribution in [0.3, 0.4) is 0 Å². The van der Waals surface area contributed by atoms with Crippen molar-refractivity contribution in [1.82, 2.24) is 0 Å². The Hall–Kier alpha value is 0.750. The number of hydrogen-bond donors (Lipinski definition) is 1. The third kappa shape index (κ3) is 3.75. The molecule has 4 saturated carbocycles. The molecule has 2 unspecified atom stereocenters. The molecule has 0 radical (unpaired) electrons. The molecular formula is C26H46OTe. The summed E-state index contributed by atoms with van der Waals surface area (Å²) in [5, 5.41) is 10.3. The first-order valence-corrected chi connectivity index (χ1v) is 15.5. The quantitative estimate of drug-likeness (QED) is 0.402. The Balaban J connectivity index is 1.46. The fourth-order valence-electron chi connectivity index (χ4n) is 8.90. The Morgan fingerprint density at radius 2 is 1.61 bits per heavy atom. The Morgan fingerprint density at radius 3 is 2.36 bits per heavy atom. The molecule has 4 aliphatic carbocycles. The van der Waals surface area contributed by atoms with Gasteiger partial charge in [0, 0.05) is 0 Å². The van der Waals surface area contributed by atoms with Crippen molar-refractivity contribution < 1.29 is 5.11 Å². The zero-order valence-corrected chi connectivity index (χ0v) is 21.6. The van der Waals surface area contributed by atoms with Crippen LogP contribution in [0, 0.1) is 46.3 Å². The molecule has 4 aliphatic rings. The molecule has 9 atom stereocenters. The first kappa shape index (κ1) is 22.0. The van der Waals surface area contributed by atoms with E-state index in [0.29, 0.717) is 10.8 Å². The van der Waals surface area contributed by atoms with Crippen LogP contribution in [0.5, 0.6) is 0 Å². The van der Waals surface area contributed by atoms with E-state index < -0.39 is 0 Å². The van der Waals surface area contributed by atoms with Gasteiger partial charge in [-0.25, -0.2) is 0 Å². The van der Waals surface area contributed by atoms with Crippen molar-refractivity contribution in [3.8, 4) is 0 Å². The van der Waals surface area contributed by atoms with Crippen molar-refractivity contribution in [2.45, 2.75) is 113 Å². The van der Waals surface area contributed by atoms with Crippen LogP contribution in [0.1, 0.15) is 98.8 Å². The van der Waals surface area contributed by atoms with E-state index >= 15 is 0 Å². The van der Waals surface area contributed by atoms with E-state index in [2.05, 4.69) is 34.6 Å². The van der Waals surface area contributed by atoms with Gasteiger partial charge in [0.1, 0.15) is 0 Å². The number of fused-ring (bicyclic) bond motifs is 5. The van der Waals surface area contributed by atoms with Gasteiger partial charge in [0.2, 0.25) is 0 Å². The van der Waals surface area contributed by atoms with Crippen LogP contribution in [-0.4, -0.2) is 32.1 Å². The van der Waals surface area contributed by atoms with E-state index in [1.165, 1.54) is 51.4 Å². The standard InChI is InChI=1S/C26H46OTe/c1-17(2)28-15-12-18(3)22-8-9-23-21-7-6-19-16-20(27)10-13-25(19,4)24(21)11-14-26(22,23)5/h17-24,27H,6-16H2,1-5H3/t18-,19?,20?,21+,22-,23+,24+,25+,26-/m1/s1. The van der Waals surface area contributed by atoms with Crippen LogP contribution < -0.4 is 0 Å². The first-order chi connectivity index (χ1) is 13.3. The first-order valence-electron chi connectivity index (χ1n) is 12.6. The summed E-state index contributed by atoms with van der Waals surface area (Å²) < 4.78 is 2.56. The second-order valence-electron chi connectivity index (χ2n) is 12.0. The van der Waals surface area contributed by atoms with Crippen LogP contribution in [0.15, 0.2) is 0 Å². The molecule has 28 heavy (non-hydrogen) atoms. The molecule has 0 saturated heterocycles. The fraction of sp³-hybridized carbons (Fsp3) is 1.00. The predicted octanol–water partition coefficient (Wildman–Crippen LogP) is 6.98. The molecule has 0 spiro atoms. The molecule has 1 nitrogen and oxygen atoms in total. The van der Waals surface area contributed by atoms with Crippen molar-refractivity contribution in [2.24, 2.45) is 46.3 Å². The van der Waals surface area contributed by atoms with Crippen LogP contribution >= 0.6 is 0 Å². The van der Waals surface area contributed by atoms with Gasteiger partial charge in [0.25, 0.3) is 0 Å². The van der Waals surface area contributed by atoms with E-state index in [0.717, 1.165) is 52.3 Å². The van der Waals surface area contributed by atoms with E-state index in [1.807, 2.05) is 0 Å². The Bertz CT molecular complexity index is 547. The van der Waals surface area contributed by atoms with Crippen molar-refractivity contribution in [3.05, 3.63) is 0 Å². The van der Waals surface area contributed by atoms with Crippen LogP contribution in [0.4, 0.5) is 0 Å². The second kappa shape index (κ2) is 8.36. The number of rotatable bonds is 5. The molecule has 0 amide bonds. The minimum atomic E-state index is -0.00523. The monoisotopic (exact) mass is 504 g/mol. The van der Waals surface area contributed by atoms with Crippen molar-refractivity contribution in [2.75, 3.05) is 0 Å². The van der Waals surface area contributed by atoms with Gasteiger partial charge >= 0.3 is 181 Å². The zero-order valence-electron chi connectivity index (χ0n) is 19.3. The molecule has 4 rings (SSSR count). The topological polar surface area (TPSA) is 20.2 Å². The van der Waals surface area contributed by atoms with Gasteiger partial charge in [0.15, 0.2) is 0 Å². The van der Waals surface area contributed by atoms with Gasteiger partial charge in [0.05, 0.1) is 0 Å². The zero-order chi connectivity index (χ0) is 20.1. The molecule has 2 heteroatoms. The minimum absolute atomic E-state index is 0.00523. The van der Waals surface area contributed by atoms with Crippen molar-refractivity contribution in [1.29, 1.82) is 0 Å². The normalized spacial score (nSPS) is 49.4. The number of aliphatic hydroxyl groups is 1. The third-order valence-electron chi connectivity index (χ3n) is 10.4. The molecule has 0 aliphatic heterocycles. The summed E-state index contributed by atoms with van der Waals surface area (Å²) in [5.41, 5.74) is 1.17. The summed E-state index contributed by atoms with van der Waals surface area (Å²) in [6.07, 6.45) is 13.9. The predicted molar refractivity (Wildman–Crippen MR) is 121 cm³/mol. The maximum absolute atomic E-state index is 10.3.